The Bertz CT molecular complexity index is 523. The minimum atomic E-state index is 0.463. The van der Waals surface area contributed by atoms with Gasteiger partial charge in [-0.3, -0.25) is 9.58 Å². The van der Waals surface area contributed by atoms with E-state index in [-0.39, 0.29) is 0 Å². The van der Waals surface area contributed by atoms with Gasteiger partial charge in [0.25, 0.3) is 0 Å². The van der Waals surface area contributed by atoms with Crippen LogP contribution in [0, 0.1) is 0 Å². The first-order valence-electron chi connectivity index (χ1n) is 7.86. The quantitative estimate of drug-likeness (QED) is 0.914. The molecule has 0 spiro atoms. The largest absolute Gasteiger partial charge is 0.311 e. The van der Waals surface area contributed by atoms with Crippen molar-refractivity contribution in [2.45, 2.75) is 32.0 Å². The van der Waals surface area contributed by atoms with Crippen LogP contribution in [0.5, 0.6) is 0 Å². The molecule has 1 aliphatic heterocycles. The molecule has 1 saturated heterocycles. The van der Waals surface area contributed by atoms with Crippen molar-refractivity contribution in [1.82, 2.24) is 20.0 Å². The zero-order valence-electron chi connectivity index (χ0n) is 12.7. The fraction of sp³-hybridized carbons (Fsp3) is 0.471. The van der Waals surface area contributed by atoms with Gasteiger partial charge in [0.15, 0.2) is 0 Å². The van der Waals surface area contributed by atoms with E-state index >= 15 is 0 Å². The van der Waals surface area contributed by atoms with Crippen LogP contribution in [0.2, 0.25) is 0 Å². The maximum absolute atomic E-state index is 4.31. The zero-order chi connectivity index (χ0) is 14.5. The van der Waals surface area contributed by atoms with Crippen LogP contribution in [0.4, 0.5) is 0 Å². The first-order valence-corrected chi connectivity index (χ1v) is 7.86. The van der Waals surface area contributed by atoms with Gasteiger partial charge in [-0.2, -0.15) is 5.10 Å². The number of aromatic nitrogens is 2. The van der Waals surface area contributed by atoms with E-state index in [1.807, 2.05) is 23.1 Å². The van der Waals surface area contributed by atoms with Crippen molar-refractivity contribution in [3.05, 3.63) is 54.4 Å². The highest BCUT2D eigenvalue weighted by Gasteiger charge is 2.27. The van der Waals surface area contributed by atoms with Gasteiger partial charge in [0, 0.05) is 44.1 Å². The Hall–Kier alpha value is -1.65. The van der Waals surface area contributed by atoms with Crippen LogP contribution in [-0.4, -0.2) is 40.4 Å². The molecule has 1 N–H and O–H groups in total. The summed E-state index contributed by atoms with van der Waals surface area (Å²) in [6.07, 6.45) is 5.07. The van der Waals surface area contributed by atoms with Gasteiger partial charge in [0.2, 0.25) is 0 Å². The van der Waals surface area contributed by atoms with Gasteiger partial charge in [-0.1, -0.05) is 37.3 Å². The molecular formula is C17H24N4. The van der Waals surface area contributed by atoms with E-state index in [1.54, 1.807) is 0 Å². The molecule has 0 radical (unpaired) electrons. The molecule has 0 bridgehead atoms. The SMILES string of the molecule is CCC1CN(CCn2cccn2)C(c2ccccc2)CN1. The van der Waals surface area contributed by atoms with E-state index in [4.69, 9.17) is 0 Å². The van der Waals surface area contributed by atoms with Crippen LogP contribution in [0.1, 0.15) is 24.9 Å². The lowest BCUT2D eigenvalue weighted by Crippen LogP contribution is -2.52. The molecular weight excluding hydrogens is 260 g/mol. The third-order valence-electron chi connectivity index (χ3n) is 4.35. The number of piperazine rings is 1. The molecule has 0 aliphatic carbocycles. The number of benzene rings is 1. The number of hydrogen-bond acceptors (Lipinski definition) is 3. The molecule has 1 fully saturated rings. The second-order valence-electron chi connectivity index (χ2n) is 5.70. The summed E-state index contributed by atoms with van der Waals surface area (Å²) < 4.78 is 2.02. The molecule has 112 valence electrons. The van der Waals surface area contributed by atoms with E-state index < -0.39 is 0 Å². The first-order chi connectivity index (χ1) is 10.4. The van der Waals surface area contributed by atoms with Crippen molar-refractivity contribution in [2.24, 2.45) is 0 Å². The first kappa shape index (κ1) is 14.3. The summed E-state index contributed by atoms with van der Waals surface area (Å²) in [5.41, 5.74) is 1.40. The summed E-state index contributed by atoms with van der Waals surface area (Å²) in [7, 11) is 0. The van der Waals surface area contributed by atoms with Gasteiger partial charge in [-0.15, -0.1) is 0 Å². The molecule has 4 nitrogen and oxygen atoms in total. The van der Waals surface area contributed by atoms with Gasteiger partial charge in [0.1, 0.15) is 0 Å². The van der Waals surface area contributed by atoms with E-state index in [1.165, 1.54) is 12.0 Å². The highest BCUT2D eigenvalue weighted by Crippen LogP contribution is 2.24. The number of nitrogens with one attached hydrogen (secondary N) is 1. The standard InChI is InChI=1S/C17H24N4/c1-2-16-14-20(11-12-21-10-6-9-19-21)17(13-18-16)15-7-4-3-5-8-15/h3-10,16-18H,2,11-14H2,1H3. The maximum atomic E-state index is 4.31. The summed E-state index contributed by atoms with van der Waals surface area (Å²) >= 11 is 0. The predicted molar refractivity (Wildman–Crippen MR) is 85.1 cm³/mol. The molecule has 1 aliphatic rings. The lowest BCUT2D eigenvalue weighted by Gasteiger charge is -2.40. The summed E-state index contributed by atoms with van der Waals surface area (Å²) in [4.78, 5) is 2.60. The van der Waals surface area contributed by atoms with E-state index in [0.717, 1.165) is 26.2 Å². The summed E-state index contributed by atoms with van der Waals surface area (Å²) in [6.45, 7) is 6.39. The summed E-state index contributed by atoms with van der Waals surface area (Å²) in [6, 6.07) is 13.9. The number of rotatable bonds is 5. The normalized spacial score (nSPS) is 23.3. The monoisotopic (exact) mass is 284 g/mol. The van der Waals surface area contributed by atoms with Gasteiger partial charge < -0.3 is 5.32 Å². The van der Waals surface area contributed by atoms with Gasteiger partial charge >= 0.3 is 0 Å². The van der Waals surface area contributed by atoms with E-state index in [0.29, 0.717) is 12.1 Å². The molecule has 1 aromatic carbocycles. The number of hydrogen-bond donors (Lipinski definition) is 1. The highest BCUT2D eigenvalue weighted by molar-refractivity contribution is 5.20. The molecule has 2 unspecified atom stereocenters. The second-order valence-corrected chi connectivity index (χ2v) is 5.70. The Morgan fingerprint density at radius 1 is 1.19 bits per heavy atom. The summed E-state index contributed by atoms with van der Waals surface area (Å²) in [5.74, 6) is 0. The molecule has 0 saturated carbocycles. The van der Waals surface area contributed by atoms with Crippen molar-refractivity contribution in [3.63, 3.8) is 0 Å². The molecule has 21 heavy (non-hydrogen) atoms. The van der Waals surface area contributed by atoms with Crippen molar-refractivity contribution in [1.29, 1.82) is 0 Å². The average molecular weight is 284 g/mol. The average Bonchev–Trinajstić information content (AvgIpc) is 3.07. The maximum Gasteiger partial charge on any atom is 0.0536 e. The predicted octanol–water partition coefficient (Wildman–Crippen LogP) is 2.31. The fourth-order valence-electron chi connectivity index (χ4n) is 3.07. The molecule has 4 heteroatoms. The van der Waals surface area contributed by atoms with E-state index in [9.17, 15) is 0 Å². The lowest BCUT2D eigenvalue weighted by atomic mass is 10.00. The Balaban J connectivity index is 1.70. The third kappa shape index (κ3) is 3.52. The van der Waals surface area contributed by atoms with Crippen LogP contribution in [0.3, 0.4) is 0 Å². The molecule has 1 aromatic heterocycles. The lowest BCUT2D eigenvalue weighted by molar-refractivity contribution is 0.122. The summed E-state index contributed by atoms with van der Waals surface area (Å²) in [5, 5.41) is 7.99. The number of nitrogens with zero attached hydrogens (tertiary/aromatic N) is 3. The minimum absolute atomic E-state index is 0.463. The Labute approximate surface area is 126 Å². The second kappa shape index (κ2) is 6.87. The van der Waals surface area contributed by atoms with Crippen molar-refractivity contribution in [3.8, 4) is 0 Å². The van der Waals surface area contributed by atoms with Crippen LogP contribution < -0.4 is 5.32 Å². The third-order valence-corrected chi connectivity index (χ3v) is 4.35. The van der Waals surface area contributed by atoms with Gasteiger partial charge in [-0.05, 0) is 18.1 Å². The topological polar surface area (TPSA) is 33.1 Å². The van der Waals surface area contributed by atoms with Crippen LogP contribution in [-0.2, 0) is 6.54 Å². The molecule has 2 atom stereocenters. The van der Waals surface area contributed by atoms with Gasteiger partial charge in [-0.25, -0.2) is 0 Å². The smallest absolute Gasteiger partial charge is 0.0536 e. The minimum Gasteiger partial charge on any atom is -0.311 e. The highest BCUT2D eigenvalue weighted by atomic mass is 15.3. The molecule has 2 aromatic rings. The van der Waals surface area contributed by atoms with Gasteiger partial charge in [0.05, 0.1) is 6.54 Å². The molecule has 3 rings (SSSR count). The van der Waals surface area contributed by atoms with Crippen LogP contribution in [0.15, 0.2) is 48.8 Å². The fourth-order valence-corrected chi connectivity index (χ4v) is 3.07. The Morgan fingerprint density at radius 3 is 2.76 bits per heavy atom. The Morgan fingerprint density at radius 2 is 2.05 bits per heavy atom. The van der Waals surface area contributed by atoms with Crippen molar-refractivity contribution in [2.75, 3.05) is 19.6 Å². The Kier molecular flexibility index (Phi) is 4.68. The van der Waals surface area contributed by atoms with Crippen molar-refractivity contribution < 1.29 is 0 Å². The molecule has 2 heterocycles. The van der Waals surface area contributed by atoms with Crippen LogP contribution >= 0.6 is 0 Å². The van der Waals surface area contributed by atoms with Crippen molar-refractivity contribution >= 4 is 0 Å². The van der Waals surface area contributed by atoms with E-state index in [2.05, 4.69) is 52.6 Å². The zero-order valence-corrected chi connectivity index (χ0v) is 12.7. The molecule has 0 amide bonds. The van der Waals surface area contributed by atoms with Crippen LogP contribution in [0.25, 0.3) is 0 Å².